The van der Waals surface area contributed by atoms with Crippen molar-refractivity contribution in [1.82, 2.24) is 5.32 Å². The van der Waals surface area contributed by atoms with E-state index in [0.717, 1.165) is 6.07 Å². The predicted molar refractivity (Wildman–Crippen MR) is 124 cm³/mol. The Morgan fingerprint density at radius 2 is 1.40 bits per heavy atom. The number of carbonyl (C=O) groups is 1. The SMILES string of the molecule is O=C(O)c1cccc(-c2cccc(NC(O)(O)C(O)(O)NC(O)C(O)(O)c3cccc(Cl)c3)c2)c1. The number of aliphatic hydroxyl groups is 7. The molecule has 0 spiro atoms. The number of halogens is 1. The number of anilines is 1. The van der Waals surface area contributed by atoms with Crippen LogP contribution in [0.25, 0.3) is 11.1 Å². The van der Waals surface area contributed by atoms with Crippen LogP contribution in [0.2, 0.25) is 5.02 Å². The van der Waals surface area contributed by atoms with Gasteiger partial charge in [-0.25, -0.2) is 10.1 Å². The van der Waals surface area contributed by atoms with E-state index in [0.29, 0.717) is 11.1 Å². The first-order valence-electron chi connectivity index (χ1n) is 10.0. The molecule has 0 saturated carbocycles. The van der Waals surface area contributed by atoms with Crippen LogP contribution in [-0.2, 0) is 5.79 Å². The van der Waals surface area contributed by atoms with Gasteiger partial charge in [0.25, 0.3) is 0 Å². The molecule has 0 aliphatic carbocycles. The standard InChI is InChI=1S/C23H23ClN2O9/c24-17-8-3-7-16(12-17)21(30,31)20(29)26-23(34,35)22(32,33)25-18-9-2-5-14(11-18)13-4-1-6-15(10-13)19(27)28/h1-12,20,25-26,29-35H,(H,27,28). The molecule has 10 N–H and O–H groups in total. The van der Waals surface area contributed by atoms with Crippen LogP contribution in [0.5, 0.6) is 0 Å². The van der Waals surface area contributed by atoms with E-state index in [-0.39, 0.29) is 21.8 Å². The molecule has 1 unspecified atom stereocenters. The van der Waals surface area contributed by atoms with Crippen molar-refractivity contribution in [3.63, 3.8) is 0 Å². The largest absolute Gasteiger partial charge is 0.478 e. The van der Waals surface area contributed by atoms with Crippen molar-refractivity contribution < 1.29 is 45.6 Å². The Hall–Kier alpha value is -3.10. The summed E-state index contributed by atoms with van der Waals surface area (Å²) >= 11 is 5.79. The summed E-state index contributed by atoms with van der Waals surface area (Å²) < 4.78 is 0. The highest BCUT2D eigenvalue weighted by atomic mass is 35.5. The van der Waals surface area contributed by atoms with E-state index < -0.39 is 29.8 Å². The molecule has 0 aromatic heterocycles. The van der Waals surface area contributed by atoms with Gasteiger partial charge in [0.1, 0.15) is 0 Å². The lowest BCUT2D eigenvalue weighted by Crippen LogP contribution is -2.71. The third-order valence-electron chi connectivity index (χ3n) is 5.08. The lowest BCUT2D eigenvalue weighted by Gasteiger charge is -2.39. The molecule has 0 aliphatic rings. The van der Waals surface area contributed by atoms with E-state index in [1.54, 1.807) is 12.1 Å². The van der Waals surface area contributed by atoms with Gasteiger partial charge < -0.3 is 46.2 Å². The molecule has 0 amide bonds. The van der Waals surface area contributed by atoms with Crippen LogP contribution in [0.4, 0.5) is 5.69 Å². The third kappa shape index (κ3) is 5.94. The first kappa shape index (κ1) is 26.5. The van der Waals surface area contributed by atoms with Crippen molar-refractivity contribution in [2.24, 2.45) is 0 Å². The van der Waals surface area contributed by atoms with Crippen molar-refractivity contribution in [3.8, 4) is 11.1 Å². The fourth-order valence-corrected chi connectivity index (χ4v) is 3.35. The minimum absolute atomic E-state index is 0.0265. The number of nitrogens with one attached hydrogen (secondary N) is 2. The Morgan fingerprint density at radius 1 is 0.800 bits per heavy atom. The fourth-order valence-electron chi connectivity index (χ4n) is 3.16. The smallest absolute Gasteiger partial charge is 0.335 e. The summed E-state index contributed by atoms with van der Waals surface area (Å²) in [6, 6.07) is 16.8. The maximum Gasteiger partial charge on any atom is 0.335 e. The zero-order chi connectivity index (χ0) is 26.0. The van der Waals surface area contributed by atoms with Crippen LogP contribution in [0.1, 0.15) is 15.9 Å². The zero-order valence-corrected chi connectivity index (χ0v) is 18.6. The summed E-state index contributed by atoms with van der Waals surface area (Å²) in [5.41, 5.74) is 0.583. The average Bonchev–Trinajstić information content (AvgIpc) is 2.78. The number of benzene rings is 3. The first-order valence-corrected chi connectivity index (χ1v) is 10.4. The van der Waals surface area contributed by atoms with Crippen molar-refractivity contribution in [3.05, 3.63) is 88.9 Å². The number of carboxylic acids is 1. The molecule has 0 fully saturated rings. The molecule has 35 heavy (non-hydrogen) atoms. The summed E-state index contributed by atoms with van der Waals surface area (Å²) in [5, 5.41) is 84.6. The molecule has 11 nitrogen and oxygen atoms in total. The van der Waals surface area contributed by atoms with Crippen LogP contribution in [-0.4, -0.2) is 64.9 Å². The molecule has 0 saturated heterocycles. The summed E-state index contributed by atoms with van der Waals surface area (Å²) in [5.74, 6) is -11.6. The summed E-state index contributed by atoms with van der Waals surface area (Å²) in [7, 11) is 0. The minimum atomic E-state index is -3.74. The number of aromatic carboxylic acids is 1. The third-order valence-corrected chi connectivity index (χ3v) is 5.31. The van der Waals surface area contributed by atoms with Crippen molar-refractivity contribution in [2.75, 3.05) is 5.32 Å². The van der Waals surface area contributed by atoms with Crippen LogP contribution in [0, 0.1) is 0 Å². The molecule has 0 radical (unpaired) electrons. The second-order valence-corrected chi connectivity index (χ2v) is 8.16. The molecule has 3 rings (SSSR count). The minimum Gasteiger partial charge on any atom is -0.478 e. The van der Waals surface area contributed by atoms with E-state index in [2.05, 4.69) is 0 Å². The highest BCUT2D eigenvalue weighted by molar-refractivity contribution is 6.30. The van der Waals surface area contributed by atoms with Crippen LogP contribution < -0.4 is 10.6 Å². The predicted octanol–water partition coefficient (Wildman–Crippen LogP) is 0.139. The molecule has 12 heteroatoms. The Labute approximate surface area is 203 Å². The Kier molecular flexibility index (Phi) is 7.48. The number of hydrogen-bond acceptors (Lipinski definition) is 10. The zero-order valence-electron chi connectivity index (χ0n) is 17.9. The van der Waals surface area contributed by atoms with Gasteiger partial charge in [-0.15, -0.1) is 0 Å². The molecule has 0 bridgehead atoms. The molecule has 0 aliphatic heterocycles. The van der Waals surface area contributed by atoms with Gasteiger partial charge in [0.2, 0.25) is 5.79 Å². The molecular formula is C23H23ClN2O9. The quantitative estimate of drug-likeness (QED) is 0.177. The number of carboxylic acid groups (broad SMARTS) is 1. The Morgan fingerprint density at radius 3 is 2.03 bits per heavy atom. The van der Waals surface area contributed by atoms with Crippen LogP contribution in [0.3, 0.4) is 0 Å². The Balaban J connectivity index is 1.81. The van der Waals surface area contributed by atoms with Gasteiger partial charge in [-0.3, -0.25) is 0 Å². The first-order chi connectivity index (χ1) is 16.2. The molecule has 186 valence electrons. The van der Waals surface area contributed by atoms with Gasteiger partial charge in [0, 0.05) is 16.3 Å². The van der Waals surface area contributed by atoms with Gasteiger partial charge in [-0.05, 0) is 47.5 Å². The highest BCUT2D eigenvalue weighted by Gasteiger charge is 2.52. The van der Waals surface area contributed by atoms with Crippen molar-refractivity contribution in [2.45, 2.75) is 23.8 Å². The van der Waals surface area contributed by atoms with Crippen molar-refractivity contribution >= 4 is 23.3 Å². The summed E-state index contributed by atoms with van der Waals surface area (Å²) in [4.78, 5) is 11.2. The maximum absolute atomic E-state index is 11.2. The number of hydrogen-bond donors (Lipinski definition) is 10. The van der Waals surface area contributed by atoms with Crippen LogP contribution in [0.15, 0.2) is 72.8 Å². The van der Waals surface area contributed by atoms with Gasteiger partial charge in [0.05, 0.1) is 5.56 Å². The van der Waals surface area contributed by atoms with Crippen molar-refractivity contribution in [1.29, 1.82) is 0 Å². The molecule has 3 aromatic rings. The lowest BCUT2D eigenvalue weighted by molar-refractivity contribution is -0.378. The van der Waals surface area contributed by atoms with Gasteiger partial charge in [-0.2, -0.15) is 0 Å². The lowest BCUT2D eigenvalue weighted by atomic mass is 10.0. The molecule has 3 aromatic carbocycles. The highest BCUT2D eigenvalue weighted by Crippen LogP contribution is 2.28. The topological polar surface area (TPSA) is 203 Å². The second-order valence-electron chi connectivity index (χ2n) is 7.72. The molecular weight excluding hydrogens is 484 g/mol. The van der Waals surface area contributed by atoms with Gasteiger partial charge in [-0.1, -0.05) is 48.0 Å². The number of rotatable bonds is 9. The van der Waals surface area contributed by atoms with E-state index in [1.807, 2.05) is 5.32 Å². The van der Waals surface area contributed by atoms with E-state index >= 15 is 0 Å². The van der Waals surface area contributed by atoms with Gasteiger partial charge >= 0.3 is 17.8 Å². The maximum atomic E-state index is 11.2. The van der Waals surface area contributed by atoms with E-state index in [1.165, 1.54) is 59.9 Å². The monoisotopic (exact) mass is 506 g/mol. The van der Waals surface area contributed by atoms with Gasteiger partial charge in [0.15, 0.2) is 6.23 Å². The van der Waals surface area contributed by atoms with E-state index in [4.69, 9.17) is 16.7 Å². The normalized spacial score (nSPS) is 13.4. The van der Waals surface area contributed by atoms with E-state index in [9.17, 15) is 40.5 Å². The Bertz CT molecular complexity index is 1220. The summed E-state index contributed by atoms with van der Waals surface area (Å²) in [6.07, 6.45) is -2.54. The number of aliphatic hydroxyl groups excluding tert-OH is 1. The second kappa shape index (κ2) is 9.87. The average molecular weight is 507 g/mol. The summed E-state index contributed by atoms with van der Waals surface area (Å²) in [6.45, 7) is 0. The molecule has 0 heterocycles. The molecule has 1 atom stereocenters. The van der Waals surface area contributed by atoms with Crippen LogP contribution >= 0.6 is 11.6 Å². The fraction of sp³-hybridized carbons (Fsp3) is 0.174.